The van der Waals surface area contributed by atoms with Crippen LogP contribution in [0.15, 0.2) is 29.4 Å². The molecule has 2 aromatic rings. The van der Waals surface area contributed by atoms with Gasteiger partial charge >= 0.3 is 0 Å². The van der Waals surface area contributed by atoms with Gasteiger partial charge < -0.3 is 9.88 Å². The Balaban J connectivity index is 1.90. The largest absolute Gasteiger partial charge is 0.356 e. The third-order valence-corrected chi connectivity index (χ3v) is 4.42. The van der Waals surface area contributed by atoms with Crippen LogP contribution in [0.1, 0.15) is 23.1 Å². The van der Waals surface area contributed by atoms with Crippen LogP contribution in [0.5, 0.6) is 0 Å². The lowest BCUT2D eigenvalue weighted by molar-refractivity contribution is -0.118. The minimum atomic E-state index is -0.0738. The molecule has 1 aromatic heterocycles. The number of aromatic nitrogens is 3. The Morgan fingerprint density at radius 2 is 1.96 bits per heavy atom. The molecule has 0 radical (unpaired) electrons. The predicted molar refractivity (Wildman–Crippen MR) is 89.9 cm³/mol. The van der Waals surface area contributed by atoms with E-state index in [1.54, 1.807) is 24.3 Å². The summed E-state index contributed by atoms with van der Waals surface area (Å²) in [6.07, 6.45) is 0.592. The van der Waals surface area contributed by atoms with Crippen LogP contribution in [-0.2, 0) is 18.3 Å². The predicted octanol–water partition coefficient (Wildman–Crippen LogP) is 2.12. The molecular weight excluding hydrogens is 336 g/mol. The molecule has 1 heterocycles. The van der Waals surface area contributed by atoms with Crippen LogP contribution < -0.4 is 5.32 Å². The smallest absolute Gasteiger partial charge is 0.216 e. The standard InChI is InChI=1S/C15H17ClN4O2S/c1-10(21)17-8-7-14-18-19-15(20(14)2)23-9-13(22)11-3-5-12(16)6-4-11/h3-6H,7-9H2,1-2H3,(H,17,21). The lowest BCUT2D eigenvalue weighted by Crippen LogP contribution is -2.23. The Kier molecular flexibility index (Phi) is 6.18. The fourth-order valence-corrected chi connectivity index (χ4v) is 2.84. The summed E-state index contributed by atoms with van der Waals surface area (Å²) in [5.74, 6) is 0.976. The van der Waals surface area contributed by atoms with Crippen molar-refractivity contribution in [2.45, 2.75) is 18.5 Å². The van der Waals surface area contributed by atoms with Gasteiger partial charge in [-0.2, -0.15) is 0 Å². The third kappa shape index (κ3) is 5.07. The van der Waals surface area contributed by atoms with E-state index in [0.29, 0.717) is 28.7 Å². The number of Topliss-reactive ketones (excluding diaryl/α,β-unsaturated/α-hetero) is 1. The molecule has 23 heavy (non-hydrogen) atoms. The Morgan fingerprint density at radius 1 is 1.26 bits per heavy atom. The molecule has 0 fully saturated rings. The SMILES string of the molecule is CC(=O)NCCc1nnc(SCC(=O)c2ccc(Cl)cc2)n1C. The molecule has 0 aliphatic heterocycles. The summed E-state index contributed by atoms with van der Waals surface area (Å²) in [7, 11) is 1.85. The molecule has 0 saturated heterocycles. The van der Waals surface area contributed by atoms with Crippen LogP contribution in [0, 0.1) is 0 Å². The monoisotopic (exact) mass is 352 g/mol. The fraction of sp³-hybridized carbons (Fsp3) is 0.333. The lowest BCUT2D eigenvalue weighted by atomic mass is 10.1. The van der Waals surface area contributed by atoms with Crippen LogP contribution in [0.2, 0.25) is 5.02 Å². The summed E-state index contributed by atoms with van der Waals surface area (Å²) < 4.78 is 1.83. The van der Waals surface area contributed by atoms with E-state index in [2.05, 4.69) is 15.5 Å². The van der Waals surface area contributed by atoms with Crippen molar-refractivity contribution >= 4 is 35.1 Å². The highest BCUT2D eigenvalue weighted by molar-refractivity contribution is 7.99. The minimum absolute atomic E-state index is 0.00876. The summed E-state index contributed by atoms with van der Waals surface area (Å²) >= 11 is 7.14. The van der Waals surface area contributed by atoms with E-state index in [4.69, 9.17) is 11.6 Å². The number of carbonyl (C=O) groups is 2. The van der Waals surface area contributed by atoms with E-state index in [1.807, 2.05) is 11.6 Å². The number of carbonyl (C=O) groups excluding carboxylic acids is 2. The molecule has 2 rings (SSSR count). The van der Waals surface area contributed by atoms with Crippen molar-refractivity contribution in [3.05, 3.63) is 40.7 Å². The number of nitrogens with zero attached hydrogens (tertiary/aromatic N) is 3. The fourth-order valence-electron chi connectivity index (χ4n) is 1.89. The van der Waals surface area contributed by atoms with Gasteiger partial charge in [-0.25, -0.2) is 0 Å². The molecule has 0 aliphatic carbocycles. The topological polar surface area (TPSA) is 76.9 Å². The number of ketones is 1. The van der Waals surface area contributed by atoms with Crippen molar-refractivity contribution in [3.8, 4) is 0 Å². The van der Waals surface area contributed by atoms with Gasteiger partial charge in [0.15, 0.2) is 10.9 Å². The maximum Gasteiger partial charge on any atom is 0.216 e. The molecule has 0 bridgehead atoms. The number of amides is 1. The first-order valence-electron chi connectivity index (χ1n) is 7.01. The number of nitrogens with one attached hydrogen (secondary N) is 1. The first-order chi connectivity index (χ1) is 11.0. The van der Waals surface area contributed by atoms with Crippen molar-refractivity contribution in [1.29, 1.82) is 0 Å². The highest BCUT2D eigenvalue weighted by Gasteiger charge is 2.12. The molecule has 0 aliphatic rings. The molecule has 0 saturated carbocycles. The zero-order valence-corrected chi connectivity index (χ0v) is 14.4. The first kappa shape index (κ1) is 17.5. The van der Waals surface area contributed by atoms with E-state index in [0.717, 1.165) is 5.82 Å². The van der Waals surface area contributed by atoms with E-state index in [9.17, 15) is 9.59 Å². The highest BCUT2D eigenvalue weighted by atomic mass is 35.5. The van der Waals surface area contributed by atoms with Crippen LogP contribution in [-0.4, -0.2) is 38.8 Å². The van der Waals surface area contributed by atoms with Gasteiger partial charge in [-0.1, -0.05) is 23.4 Å². The Morgan fingerprint density at radius 3 is 2.61 bits per heavy atom. The van der Waals surface area contributed by atoms with Gasteiger partial charge in [-0.05, 0) is 24.3 Å². The molecule has 0 atom stereocenters. The summed E-state index contributed by atoms with van der Waals surface area (Å²) in [6.45, 7) is 1.98. The number of hydrogen-bond acceptors (Lipinski definition) is 5. The average Bonchev–Trinajstić information content (AvgIpc) is 2.86. The van der Waals surface area contributed by atoms with Crippen molar-refractivity contribution in [2.24, 2.45) is 7.05 Å². The van der Waals surface area contributed by atoms with Gasteiger partial charge in [0.25, 0.3) is 0 Å². The Hall–Kier alpha value is -1.86. The van der Waals surface area contributed by atoms with E-state index in [1.165, 1.54) is 18.7 Å². The summed E-state index contributed by atoms with van der Waals surface area (Å²) in [6, 6.07) is 6.81. The van der Waals surface area contributed by atoms with Gasteiger partial charge in [0.05, 0.1) is 5.75 Å². The van der Waals surface area contributed by atoms with Crippen LogP contribution in [0.25, 0.3) is 0 Å². The van der Waals surface area contributed by atoms with Gasteiger partial charge in [0.2, 0.25) is 5.91 Å². The molecule has 8 heteroatoms. The molecule has 1 N–H and O–H groups in total. The van der Waals surface area contributed by atoms with Crippen LogP contribution in [0.3, 0.4) is 0 Å². The zero-order chi connectivity index (χ0) is 16.8. The maximum atomic E-state index is 12.1. The number of thioether (sulfide) groups is 1. The molecule has 1 aromatic carbocycles. The van der Waals surface area contributed by atoms with Crippen molar-refractivity contribution in [1.82, 2.24) is 20.1 Å². The van der Waals surface area contributed by atoms with Gasteiger partial charge in [-0.15, -0.1) is 10.2 Å². The summed E-state index contributed by atoms with van der Waals surface area (Å²) in [5, 5.41) is 12.2. The van der Waals surface area contributed by atoms with E-state index >= 15 is 0 Å². The normalized spacial score (nSPS) is 10.6. The highest BCUT2D eigenvalue weighted by Crippen LogP contribution is 2.18. The molecule has 122 valence electrons. The maximum absolute atomic E-state index is 12.1. The minimum Gasteiger partial charge on any atom is -0.356 e. The molecule has 1 amide bonds. The first-order valence-corrected chi connectivity index (χ1v) is 8.38. The zero-order valence-electron chi connectivity index (χ0n) is 12.9. The lowest BCUT2D eigenvalue weighted by Gasteiger charge is -2.04. The van der Waals surface area contributed by atoms with Crippen molar-refractivity contribution in [2.75, 3.05) is 12.3 Å². The third-order valence-electron chi connectivity index (χ3n) is 3.15. The molecular formula is C15H17ClN4O2S. The number of hydrogen-bond donors (Lipinski definition) is 1. The van der Waals surface area contributed by atoms with E-state index in [-0.39, 0.29) is 17.4 Å². The van der Waals surface area contributed by atoms with E-state index < -0.39 is 0 Å². The number of rotatable bonds is 7. The van der Waals surface area contributed by atoms with Crippen molar-refractivity contribution < 1.29 is 9.59 Å². The second kappa shape index (κ2) is 8.12. The second-order valence-corrected chi connectivity index (χ2v) is 6.29. The van der Waals surface area contributed by atoms with Gasteiger partial charge in [0.1, 0.15) is 5.82 Å². The summed E-state index contributed by atoms with van der Waals surface area (Å²) in [4.78, 5) is 23.0. The van der Waals surface area contributed by atoms with Crippen LogP contribution in [0.4, 0.5) is 0 Å². The molecule has 0 unspecified atom stereocenters. The van der Waals surface area contributed by atoms with Crippen LogP contribution >= 0.6 is 23.4 Å². The molecule has 0 spiro atoms. The average molecular weight is 353 g/mol. The Labute approximate surface area is 143 Å². The number of halogens is 1. The Bertz CT molecular complexity index is 700. The van der Waals surface area contributed by atoms with Crippen molar-refractivity contribution in [3.63, 3.8) is 0 Å². The second-order valence-electron chi connectivity index (χ2n) is 4.91. The molecule has 6 nitrogen and oxygen atoms in total. The van der Waals surface area contributed by atoms with Gasteiger partial charge in [0, 0.05) is 37.5 Å². The quantitative estimate of drug-likeness (QED) is 0.610. The van der Waals surface area contributed by atoms with Gasteiger partial charge in [-0.3, -0.25) is 9.59 Å². The summed E-state index contributed by atoms with van der Waals surface area (Å²) in [5.41, 5.74) is 0.620. The number of benzene rings is 1.